The van der Waals surface area contributed by atoms with Crippen LogP contribution in [0.4, 0.5) is 5.69 Å². The fourth-order valence-corrected chi connectivity index (χ4v) is 1.34. The summed E-state index contributed by atoms with van der Waals surface area (Å²) in [5.41, 5.74) is 0.630. The summed E-state index contributed by atoms with van der Waals surface area (Å²) in [5.74, 6) is 0.671. The van der Waals surface area contributed by atoms with E-state index in [-0.39, 0.29) is 12.5 Å². The molecule has 0 atom stereocenters. The second-order valence-corrected chi connectivity index (χ2v) is 3.95. The zero-order valence-corrected chi connectivity index (χ0v) is 11.1. The molecule has 0 unspecified atom stereocenters. The highest BCUT2D eigenvalue weighted by Gasteiger charge is 2.01. The lowest BCUT2D eigenvalue weighted by Gasteiger charge is -2.05. The number of hydrogen-bond donors (Lipinski definition) is 2. The van der Waals surface area contributed by atoms with Gasteiger partial charge in [-0.25, -0.2) is 4.98 Å². The van der Waals surface area contributed by atoms with Crippen LogP contribution in [0.25, 0.3) is 0 Å². The standard InChI is InChI=1S/C12H16ClN3O2/c1-9(18-2)3-5-14-8-12(17)16-10-4-6-15-11(13)7-10/h3-4,6-7,14H,5,8H2,1-2H3,(H,15,16,17)/b9-3+. The van der Waals surface area contributed by atoms with E-state index in [1.165, 1.54) is 6.20 Å². The maximum absolute atomic E-state index is 11.5. The number of hydrogen-bond acceptors (Lipinski definition) is 4. The number of carbonyl (C=O) groups is 1. The van der Waals surface area contributed by atoms with Crippen molar-refractivity contribution in [2.24, 2.45) is 0 Å². The number of rotatable bonds is 6. The minimum atomic E-state index is -0.138. The molecule has 18 heavy (non-hydrogen) atoms. The first-order valence-corrected chi connectivity index (χ1v) is 5.82. The maximum Gasteiger partial charge on any atom is 0.238 e. The van der Waals surface area contributed by atoms with E-state index in [1.807, 2.05) is 13.0 Å². The summed E-state index contributed by atoms with van der Waals surface area (Å²) >= 11 is 5.71. The molecule has 0 aliphatic rings. The highest BCUT2D eigenvalue weighted by atomic mass is 35.5. The number of nitrogens with zero attached hydrogens (tertiary/aromatic N) is 1. The third-order valence-electron chi connectivity index (χ3n) is 2.15. The molecule has 0 radical (unpaired) electrons. The molecule has 1 aromatic rings. The molecular weight excluding hydrogens is 254 g/mol. The summed E-state index contributed by atoms with van der Waals surface area (Å²) in [6.45, 7) is 2.64. The lowest BCUT2D eigenvalue weighted by molar-refractivity contribution is -0.115. The van der Waals surface area contributed by atoms with Crippen molar-refractivity contribution in [1.29, 1.82) is 0 Å². The number of methoxy groups -OCH3 is 1. The molecule has 0 saturated carbocycles. The van der Waals surface area contributed by atoms with Gasteiger partial charge in [-0.1, -0.05) is 11.6 Å². The number of halogens is 1. The van der Waals surface area contributed by atoms with Crippen LogP contribution in [0.2, 0.25) is 5.15 Å². The number of pyridine rings is 1. The SMILES string of the molecule is CO/C(C)=C/CNCC(=O)Nc1ccnc(Cl)c1. The molecule has 1 heterocycles. The van der Waals surface area contributed by atoms with E-state index in [9.17, 15) is 4.79 Å². The third kappa shape index (κ3) is 5.65. The quantitative estimate of drug-likeness (QED) is 0.470. The molecule has 0 spiro atoms. The Bertz CT molecular complexity index is 435. The van der Waals surface area contributed by atoms with Crippen LogP contribution in [0, 0.1) is 0 Å². The van der Waals surface area contributed by atoms with E-state index in [2.05, 4.69) is 15.6 Å². The molecule has 0 aromatic carbocycles. The number of amides is 1. The van der Waals surface area contributed by atoms with Gasteiger partial charge in [0.1, 0.15) is 5.15 Å². The average Bonchev–Trinajstić information content (AvgIpc) is 2.34. The van der Waals surface area contributed by atoms with Crippen LogP contribution in [0.5, 0.6) is 0 Å². The van der Waals surface area contributed by atoms with Gasteiger partial charge < -0.3 is 15.4 Å². The molecule has 1 amide bonds. The predicted octanol–water partition coefficient (Wildman–Crippen LogP) is 1.81. The van der Waals surface area contributed by atoms with E-state index >= 15 is 0 Å². The number of allylic oxidation sites excluding steroid dienone is 1. The van der Waals surface area contributed by atoms with Gasteiger partial charge in [0.05, 0.1) is 19.4 Å². The summed E-state index contributed by atoms with van der Waals surface area (Å²) in [5, 5.41) is 6.02. The van der Waals surface area contributed by atoms with Gasteiger partial charge >= 0.3 is 0 Å². The molecule has 98 valence electrons. The van der Waals surface area contributed by atoms with Crippen molar-refractivity contribution in [2.75, 3.05) is 25.5 Å². The Kier molecular flexibility index (Phi) is 6.18. The molecule has 1 rings (SSSR count). The third-order valence-corrected chi connectivity index (χ3v) is 2.36. The van der Waals surface area contributed by atoms with Crippen molar-refractivity contribution < 1.29 is 9.53 Å². The smallest absolute Gasteiger partial charge is 0.238 e. The number of anilines is 1. The Labute approximate surface area is 111 Å². The van der Waals surface area contributed by atoms with E-state index in [1.54, 1.807) is 19.2 Å². The largest absolute Gasteiger partial charge is 0.502 e. The fraction of sp³-hybridized carbons (Fsp3) is 0.333. The summed E-state index contributed by atoms with van der Waals surface area (Å²) in [6, 6.07) is 3.27. The minimum Gasteiger partial charge on any atom is -0.502 e. The first kappa shape index (κ1) is 14.5. The van der Waals surface area contributed by atoms with E-state index in [0.717, 1.165) is 5.76 Å². The summed E-state index contributed by atoms with van der Waals surface area (Å²) in [4.78, 5) is 15.4. The number of nitrogens with one attached hydrogen (secondary N) is 2. The monoisotopic (exact) mass is 269 g/mol. The second kappa shape index (κ2) is 7.68. The Morgan fingerprint density at radius 3 is 3.06 bits per heavy atom. The minimum absolute atomic E-state index is 0.138. The van der Waals surface area contributed by atoms with Crippen molar-refractivity contribution in [3.8, 4) is 0 Å². The van der Waals surface area contributed by atoms with Gasteiger partial charge in [-0.05, 0) is 25.1 Å². The molecule has 0 aliphatic heterocycles. The first-order valence-electron chi connectivity index (χ1n) is 5.44. The van der Waals surface area contributed by atoms with Gasteiger partial charge in [0.15, 0.2) is 0 Å². The van der Waals surface area contributed by atoms with Crippen LogP contribution in [-0.2, 0) is 9.53 Å². The highest BCUT2D eigenvalue weighted by Crippen LogP contribution is 2.11. The van der Waals surface area contributed by atoms with Gasteiger partial charge in [0, 0.05) is 18.4 Å². The summed E-state index contributed by atoms with van der Waals surface area (Å²) in [6.07, 6.45) is 3.40. The van der Waals surface area contributed by atoms with E-state index < -0.39 is 0 Å². The number of carbonyl (C=O) groups excluding carboxylic acids is 1. The topological polar surface area (TPSA) is 63.2 Å². The highest BCUT2D eigenvalue weighted by molar-refractivity contribution is 6.29. The van der Waals surface area contributed by atoms with Crippen LogP contribution in [-0.4, -0.2) is 31.1 Å². The predicted molar refractivity (Wildman–Crippen MR) is 71.5 cm³/mol. The van der Waals surface area contributed by atoms with Crippen LogP contribution < -0.4 is 10.6 Å². The van der Waals surface area contributed by atoms with Crippen molar-refractivity contribution in [1.82, 2.24) is 10.3 Å². The molecule has 5 nitrogen and oxygen atoms in total. The van der Waals surface area contributed by atoms with Crippen LogP contribution in [0.15, 0.2) is 30.2 Å². The summed E-state index contributed by atoms with van der Waals surface area (Å²) in [7, 11) is 1.60. The van der Waals surface area contributed by atoms with Crippen molar-refractivity contribution in [2.45, 2.75) is 6.92 Å². The Morgan fingerprint density at radius 2 is 2.39 bits per heavy atom. The van der Waals surface area contributed by atoms with Crippen LogP contribution in [0.1, 0.15) is 6.92 Å². The van der Waals surface area contributed by atoms with Crippen molar-refractivity contribution >= 4 is 23.2 Å². The second-order valence-electron chi connectivity index (χ2n) is 3.57. The van der Waals surface area contributed by atoms with Crippen molar-refractivity contribution in [3.05, 3.63) is 35.3 Å². The Morgan fingerprint density at radius 1 is 1.61 bits per heavy atom. The van der Waals surface area contributed by atoms with Gasteiger partial charge in [0.25, 0.3) is 0 Å². The van der Waals surface area contributed by atoms with Gasteiger partial charge in [0.2, 0.25) is 5.91 Å². The van der Waals surface area contributed by atoms with Crippen LogP contribution in [0.3, 0.4) is 0 Å². The number of aromatic nitrogens is 1. The van der Waals surface area contributed by atoms with Crippen LogP contribution >= 0.6 is 11.6 Å². The molecule has 0 fully saturated rings. The normalized spacial score (nSPS) is 11.2. The van der Waals surface area contributed by atoms with Gasteiger partial charge in [-0.15, -0.1) is 0 Å². The Hall–Kier alpha value is -1.59. The number of ether oxygens (including phenoxy) is 1. The lowest BCUT2D eigenvalue weighted by atomic mass is 10.4. The average molecular weight is 270 g/mol. The van der Waals surface area contributed by atoms with E-state index in [4.69, 9.17) is 16.3 Å². The van der Waals surface area contributed by atoms with E-state index in [0.29, 0.717) is 17.4 Å². The Balaban J connectivity index is 2.30. The first-order chi connectivity index (χ1) is 8.61. The molecule has 2 N–H and O–H groups in total. The van der Waals surface area contributed by atoms with Gasteiger partial charge in [-0.2, -0.15) is 0 Å². The van der Waals surface area contributed by atoms with Gasteiger partial charge in [-0.3, -0.25) is 4.79 Å². The molecular formula is C12H16ClN3O2. The molecule has 0 saturated heterocycles. The molecule has 6 heteroatoms. The lowest BCUT2D eigenvalue weighted by Crippen LogP contribution is -2.28. The molecule has 1 aromatic heterocycles. The molecule has 0 bridgehead atoms. The van der Waals surface area contributed by atoms with Crippen molar-refractivity contribution in [3.63, 3.8) is 0 Å². The maximum atomic E-state index is 11.5. The molecule has 0 aliphatic carbocycles. The summed E-state index contributed by atoms with van der Waals surface area (Å²) < 4.78 is 4.96. The zero-order valence-electron chi connectivity index (χ0n) is 10.4. The fourth-order valence-electron chi connectivity index (χ4n) is 1.17. The zero-order chi connectivity index (χ0) is 13.4.